The second kappa shape index (κ2) is 7.86. The van der Waals surface area contributed by atoms with Gasteiger partial charge < -0.3 is 9.47 Å². The number of hydrogen-bond acceptors (Lipinski definition) is 7. The minimum absolute atomic E-state index is 0.0780. The summed E-state index contributed by atoms with van der Waals surface area (Å²) in [4.78, 5) is 28.1. The van der Waals surface area contributed by atoms with Gasteiger partial charge in [-0.25, -0.2) is 4.98 Å². The minimum Gasteiger partial charge on any atom is -0.468 e. The Balaban J connectivity index is 2.85. The van der Waals surface area contributed by atoms with Crippen molar-refractivity contribution >= 4 is 11.9 Å². The summed E-state index contributed by atoms with van der Waals surface area (Å²) in [5, 5.41) is 8.97. The zero-order chi connectivity index (χ0) is 15.0. The van der Waals surface area contributed by atoms with Gasteiger partial charge >= 0.3 is 11.9 Å². The first kappa shape index (κ1) is 15.6. The predicted molar refractivity (Wildman–Crippen MR) is 68.3 cm³/mol. The Kier molecular flexibility index (Phi) is 6.13. The van der Waals surface area contributed by atoms with Crippen LogP contribution in [0.15, 0.2) is 18.3 Å². The molecule has 0 spiro atoms. The first-order valence-electron chi connectivity index (χ1n) is 5.80. The van der Waals surface area contributed by atoms with Gasteiger partial charge in [0.2, 0.25) is 0 Å². The molecule has 0 N–H and O–H groups in total. The molecule has 0 saturated heterocycles. The van der Waals surface area contributed by atoms with Crippen LogP contribution in [0.4, 0.5) is 0 Å². The molecule has 7 heteroatoms. The minimum atomic E-state index is -0.476. The third-order valence-corrected chi connectivity index (χ3v) is 2.55. The lowest BCUT2D eigenvalue weighted by Crippen LogP contribution is -2.35. The highest BCUT2D eigenvalue weighted by atomic mass is 16.5. The first-order chi connectivity index (χ1) is 9.60. The molecule has 0 radical (unpaired) electrons. The van der Waals surface area contributed by atoms with E-state index >= 15 is 0 Å². The smallest absolute Gasteiger partial charge is 0.319 e. The van der Waals surface area contributed by atoms with Crippen molar-refractivity contribution in [2.24, 2.45) is 0 Å². The summed E-state index contributed by atoms with van der Waals surface area (Å²) in [5.74, 6) is -0.951. The van der Waals surface area contributed by atoms with Crippen molar-refractivity contribution < 1.29 is 19.1 Å². The van der Waals surface area contributed by atoms with Gasteiger partial charge in [0.15, 0.2) is 0 Å². The summed E-state index contributed by atoms with van der Waals surface area (Å²) in [7, 11) is 2.53. The van der Waals surface area contributed by atoms with Crippen molar-refractivity contribution in [1.29, 1.82) is 5.26 Å². The quantitative estimate of drug-likeness (QED) is 0.681. The fourth-order valence-corrected chi connectivity index (χ4v) is 1.57. The number of hydrogen-bond donors (Lipinski definition) is 0. The van der Waals surface area contributed by atoms with E-state index in [0.717, 1.165) is 0 Å². The van der Waals surface area contributed by atoms with E-state index in [9.17, 15) is 9.59 Å². The average Bonchev–Trinajstić information content (AvgIpc) is 2.47. The molecule has 0 bridgehead atoms. The van der Waals surface area contributed by atoms with Gasteiger partial charge in [0.25, 0.3) is 0 Å². The van der Waals surface area contributed by atoms with Gasteiger partial charge in [-0.3, -0.25) is 14.5 Å². The average molecular weight is 277 g/mol. The Hall–Kier alpha value is -2.46. The van der Waals surface area contributed by atoms with Crippen LogP contribution in [-0.2, 0) is 25.6 Å². The normalized spacial score (nSPS) is 9.90. The van der Waals surface area contributed by atoms with E-state index < -0.39 is 11.9 Å². The van der Waals surface area contributed by atoms with Gasteiger partial charge in [0.1, 0.15) is 11.8 Å². The number of carbonyl (C=O) groups excluding carboxylic acids is 2. The van der Waals surface area contributed by atoms with Crippen LogP contribution < -0.4 is 0 Å². The molecular formula is C13H15N3O4. The molecule has 0 aliphatic heterocycles. The van der Waals surface area contributed by atoms with Crippen LogP contribution in [-0.4, -0.2) is 49.1 Å². The van der Waals surface area contributed by atoms with Gasteiger partial charge in [-0.2, -0.15) is 5.26 Å². The number of rotatable bonds is 6. The molecule has 1 heterocycles. The van der Waals surface area contributed by atoms with Crippen molar-refractivity contribution in [2.45, 2.75) is 6.54 Å². The number of nitrogens with zero attached hydrogens (tertiary/aromatic N) is 3. The predicted octanol–water partition coefficient (Wildman–Crippen LogP) is 0.101. The standard InChI is InChI=1S/C13H15N3O4/c1-19-12(17)8-16(9-13(18)20-2)7-10-4-3-5-15-11(10)6-14/h3-5H,7-9H2,1-2H3. The highest BCUT2D eigenvalue weighted by Crippen LogP contribution is 2.08. The number of nitriles is 1. The summed E-state index contributed by atoms with van der Waals surface area (Å²) >= 11 is 0. The molecule has 1 rings (SSSR count). The molecule has 0 unspecified atom stereocenters. The Labute approximate surface area is 116 Å². The molecule has 0 amide bonds. The summed E-state index contributed by atoms with van der Waals surface area (Å²) < 4.78 is 9.15. The summed E-state index contributed by atoms with van der Waals surface area (Å²) in [5.41, 5.74) is 0.884. The molecule has 0 saturated carbocycles. The van der Waals surface area contributed by atoms with Crippen molar-refractivity contribution in [2.75, 3.05) is 27.3 Å². The van der Waals surface area contributed by atoms with Crippen LogP contribution in [0.3, 0.4) is 0 Å². The molecule has 0 aromatic carbocycles. The van der Waals surface area contributed by atoms with Crippen LogP contribution in [0.5, 0.6) is 0 Å². The van der Waals surface area contributed by atoms with Gasteiger partial charge in [-0.05, 0) is 6.07 Å². The largest absolute Gasteiger partial charge is 0.468 e. The van der Waals surface area contributed by atoms with Crippen molar-refractivity contribution in [3.8, 4) is 6.07 Å². The first-order valence-corrected chi connectivity index (χ1v) is 5.80. The van der Waals surface area contributed by atoms with E-state index in [-0.39, 0.29) is 25.3 Å². The fourth-order valence-electron chi connectivity index (χ4n) is 1.57. The maximum Gasteiger partial charge on any atom is 0.319 e. The summed E-state index contributed by atoms with van der Waals surface area (Å²) in [6.45, 7) is 0.0671. The van der Waals surface area contributed by atoms with E-state index in [1.54, 1.807) is 12.1 Å². The molecule has 0 atom stereocenters. The maximum absolute atomic E-state index is 11.3. The van der Waals surface area contributed by atoms with E-state index in [0.29, 0.717) is 5.56 Å². The Morgan fingerprint density at radius 3 is 2.40 bits per heavy atom. The lowest BCUT2D eigenvalue weighted by atomic mass is 10.2. The SMILES string of the molecule is COC(=O)CN(CC(=O)OC)Cc1cccnc1C#N. The topological polar surface area (TPSA) is 92.5 Å². The molecule has 106 valence electrons. The van der Waals surface area contributed by atoms with E-state index in [1.165, 1.54) is 25.3 Å². The van der Waals surface area contributed by atoms with Crippen molar-refractivity contribution in [3.05, 3.63) is 29.6 Å². The number of methoxy groups -OCH3 is 2. The molecule has 20 heavy (non-hydrogen) atoms. The Morgan fingerprint density at radius 1 is 1.30 bits per heavy atom. The monoisotopic (exact) mass is 277 g/mol. The molecular weight excluding hydrogens is 262 g/mol. The van der Waals surface area contributed by atoms with Gasteiger partial charge in [-0.1, -0.05) is 6.07 Å². The zero-order valence-electron chi connectivity index (χ0n) is 11.3. The zero-order valence-corrected chi connectivity index (χ0v) is 11.3. The third kappa shape index (κ3) is 4.66. The van der Waals surface area contributed by atoms with E-state index in [4.69, 9.17) is 5.26 Å². The third-order valence-electron chi connectivity index (χ3n) is 2.55. The van der Waals surface area contributed by atoms with Gasteiger partial charge in [0, 0.05) is 18.3 Å². The number of ether oxygens (including phenoxy) is 2. The van der Waals surface area contributed by atoms with Crippen LogP contribution in [0.25, 0.3) is 0 Å². The van der Waals surface area contributed by atoms with Gasteiger partial charge in [0.05, 0.1) is 27.3 Å². The number of aromatic nitrogens is 1. The van der Waals surface area contributed by atoms with E-state index in [2.05, 4.69) is 14.5 Å². The van der Waals surface area contributed by atoms with Crippen LogP contribution >= 0.6 is 0 Å². The highest BCUT2D eigenvalue weighted by Gasteiger charge is 2.17. The molecule has 0 aliphatic rings. The Bertz CT molecular complexity index is 507. The fraction of sp³-hybridized carbons (Fsp3) is 0.385. The highest BCUT2D eigenvalue weighted by molar-refractivity contribution is 5.74. The molecule has 0 aliphatic carbocycles. The van der Waals surface area contributed by atoms with Crippen LogP contribution in [0.2, 0.25) is 0 Å². The summed E-state index contributed by atoms with van der Waals surface area (Å²) in [6, 6.07) is 5.37. The second-order valence-corrected chi connectivity index (χ2v) is 3.92. The van der Waals surface area contributed by atoms with Crippen molar-refractivity contribution in [3.63, 3.8) is 0 Å². The van der Waals surface area contributed by atoms with Gasteiger partial charge in [-0.15, -0.1) is 0 Å². The lowest BCUT2D eigenvalue weighted by molar-refractivity contribution is -0.145. The number of esters is 2. The Morgan fingerprint density at radius 2 is 1.90 bits per heavy atom. The molecule has 1 aromatic rings. The van der Waals surface area contributed by atoms with Crippen molar-refractivity contribution in [1.82, 2.24) is 9.88 Å². The summed E-state index contributed by atoms with van der Waals surface area (Å²) in [6.07, 6.45) is 1.51. The second-order valence-electron chi connectivity index (χ2n) is 3.92. The number of pyridine rings is 1. The number of carbonyl (C=O) groups is 2. The maximum atomic E-state index is 11.3. The van der Waals surface area contributed by atoms with E-state index in [1.807, 2.05) is 6.07 Å². The molecule has 7 nitrogen and oxygen atoms in total. The molecule has 1 aromatic heterocycles. The molecule has 0 fully saturated rings. The lowest BCUT2D eigenvalue weighted by Gasteiger charge is -2.19. The van der Waals surface area contributed by atoms with Crippen LogP contribution in [0.1, 0.15) is 11.3 Å². The van der Waals surface area contributed by atoms with Crippen LogP contribution in [0, 0.1) is 11.3 Å².